The number of unbranched alkanes of at least 4 members (excludes halogenated alkanes) is 6. The molecule has 0 aromatic carbocycles. The van der Waals surface area contributed by atoms with Gasteiger partial charge in [-0.3, -0.25) is 0 Å². The molecule has 0 unspecified atom stereocenters. The molecule has 0 saturated heterocycles. The Balaban J connectivity index is 3.07. The van der Waals surface area contributed by atoms with E-state index in [-0.39, 0.29) is 0 Å². The van der Waals surface area contributed by atoms with Crippen molar-refractivity contribution in [1.82, 2.24) is 0 Å². The standard InChI is InChI=1S/C12H26BrGe/c1-3-5-7-9-11-14(13)12-10-8-6-4-2/h3-12H2,1-2H3. The summed E-state index contributed by atoms with van der Waals surface area (Å²) in [4.78, 5) is 0. The van der Waals surface area contributed by atoms with E-state index in [1.807, 2.05) is 0 Å². The van der Waals surface area contributed by atoms with Gasteiger partial charge in [-0.2, -0.15) is 0 Å². The van der Waals surface area contributed by atoms with Gasteiger partial charge in [0.25, 0.3) is 0 Å². The zero-order valence-corrected chi connectivity index (χ0v) is 13.6. The molecular weight excluding hydrogens is 297 g/mol. The summed E-state index contributed by atoms with van der Waals surface area (Å²) in [5, 5.41) is 3.10. The van der Waals surface area contributed by atoms with Crippen molar-refractivity contribution in [3.63, 3.8) is 0 Å². The fraction of sp³-hybridized carbons (Fsp3) is 1.00. The van der Waals surface area contributed by atoms with Gasteiger partial charge >= 0.3 is 102 Å². The van der Waals surface area contributed by atoms with E-state index < -0.39 is 12.5 Å². The monoisotopic (exact) mass is 323 g/mol. The molecule has 14 heavy (non-hydrogen) atoms. The second kappa shape index (κ2) is 12.1. The average Bonchev–Trinajstić information content (AvgIpc) is 2.19. The quantitative estimate of drug-likeness (QED) is 0.366. The summed E-state index contributed by atoms with van der Waals surface area (Å²) in [6.45, 7) is 4.58. The van der Waals surface area contributed by atoms with E-state index in [9.17, 15) is 0 Å². The SMILES string of the molecule is CCCCC[CH2][Ge]([Br])[CH2]CCCCC. The minimum absolute atomic E-state index is 0.728. The predicted octanol–water partition coefficient (Wildman–Crippen LogP) is 5.53. The first-order chi connectivity index (χ1) is 6.81. The van der Waals surface area contributed by atoms with Crippen molar-refractivity contribution in [3.05, 3.63) is 0 Å². The van der Waals surface area contributed by atoms with Gasteiger partial charge in [-0.05, 0) is 0 Å². The number of rotatable bonds is 10. The molecule has 0 heterocycles. The Labute approximate surface area is 102 Å². The van der Waals surface area contributed by atoms with Crippen LogP contribution in [0.5, 0.6) is 0 Å². The summed E-state index contributed by atoms with van der Waals surface area (Å²) in [6.07, 6.45) is 11.5. The van der Waals surface area contributed by atoms with Crippen LogP contribution in [0.2, 0.25) is 10.5 Å². The second-order valence-corrected chi connectivity index (χ2v) is 14.2. The zero-order valence-electron chi connectivity index (χ0n) is 9.95. The van der Waals surface area contributed by atoms with E-state index in [0.717, 1.165) is 0 Å². The first-order valence-corrected chi connectivity index (χ1v) is 14.2. The molecule has 0 amide bonds. The van der Waals surface area contributed by atoms with Gasteiger partial charge in [0.1, 0.15) is 0 Å². The molecule has 0 nitrogen and oxygen atoms in total. The van der Waals surface area contributed by atoms with Crippen LogP contribution in [-0.2, 0) is 0 Å². The van der Waals surface area contributed by atoms with E-state index in [1.165, 1.54) is 51.4 Å². The Bertz CT molecular complexity index is 94.5. The van der Waals surface area contributed by atoms with Gasteiger partial charge in [-0.1, -0.05) is 0 Å². The Morgan fingerprint density at radius 2 is 1.14 bits per heavy atom. The molecular formula is C12H26BrGe. The van der Waals surface area contributed by atoms with Crippen LogP contribution < -0.4 is 0 Å². The maximum atomic E-state index is 3.95. The molecule has 0 aliphatic rings. The molecule has 0 aliphatic carbocycles. The van der Waals surface area contributed by atoms with E-state index in [1.54, 1.807) is 10.5 Å². The topological polar surface area (TPSA) is 0 Å². The molecule has 0 rings (SSSR count). The fourth-order valence-corrected chi connectivity index (χ4v) is 7.71. The van der Waals surface area contributed by atoms with Crippen LogP contribution in [-0.4, -0.2) is 12.5 Å². The minimum atomic E-state index is -0.728. The van der Waals surface area contributed by atoms with Gasteiger partial charge in [0, 0.05) is 0 Å². The van der Waals surface area contributed by atoms with Gasteiger partial charge in [0.2, 0.25) is 0 Å². The van der Waals surface area contributed by atoms with E-state index in [0.29, 0.717) is 0 Å². The first kappa shape index (κ1) is 15.0. The van der Waals surface area contributed by atoms with Gasteiger partial charge < -0.3 is 0 Å². The van der Waals surface area contributed by atoms with Gasteiger partial charge in [0.15, 0.2) is 0 Å². The van der Waals surface area contributed by atoms with Crippen molar-refractivity contribution in [2.75, 3.05) is 0 Å². The van der Waals surface area contributed by atoms with Crippen LogP contribution >= 0.6 is 14.0 Å². The summed E-state index contributed by atoms with van der Waals surface area (Å²) < 4.78 is 0. The zero-order chi connectivity index (χ0) is 10.6. The number of hydrogen-bond acceptors (Lipinski definition) is 0. The number of hydrogen-bond donors (Lipinski definition) is 0. The molecule has 0 spiro atoms. The molecule has 0 aromatic heterocycles. The van der Waals surface area contributed by atoms with Crippen LogP contribution in [0.3, 0.4) is 0 Å². The van der Waals surface area contributed by atoms with Crippen molar-refractivity contribution in [2.45, 2.75) is 75.7 Å². The molecule has 0 atom stereocenters. The predicted molar refractivity (Wildman–Crippen MR) is 72.6 cm³/mol. The first-order valence-electron chi connectivity index (χ1n) is 6.31. The van der Waals surface area contributed by atoms with Crippen molar-refractivity contribution < 1.29 is 0 Å². The summed E-state index contributed by atoms with van der Waals surface area (Å²) >= 11 is 3.22. The average molecular weight is 323 g/mol. The van der Waals surface area contributed by atoms with Gasteiger partial charge in [-0.25, -0.2) is 0 Å². The second-order valence-electron chi connectivity index (χ2n) is 4.14. The van der Waals surface area contributed by atoms with E-state index in [2.05, 4.69) is 27.9 Å². The normalized spacial score (nSPS) is 11.1. The van der Waals surface area contributed by atoms with Crippen LogP contribution in [0, 0.1) is 0 Å². The number of halogens is 1. The van der Waals surface area contributed by atoms with Crippen molar-refractivity contribution >= 4 is 26.5 Å². The summed E-state index contributed by atoms with van der Waals surface area (Å²) in [7, 11) is 0. The Kier molecular flexibility index (Phi) is 13.0. The van der Waals surface area contributed by atoms with Crippen molar-refractivity contribution in [3.8, 4) is 0 Å². The molecule has 2 heteroatoms. The van der Waals surface area contributed by atoms with Crippen LogP contribution in [0.25, 0.3) is 0 Å². The van der Waals surface area contributed by atoms with Gasteiger partial charge in [0.05, 0.1) is 0 Å². The van der Waals surface area contributed by atoms with Crippen LogP contribution in [0.1, 0.15) is 65.2 Å². The van der Waals surface area contributed by atoms with E-state index in [4.69, 9.17) is 0 Å². The molecule has 0 aliphatic heterocycles. The summed E-state index contributed by atoms with van der Waals surface area (Å²) in [5.74, 6) is 0. The van der Waals surface area contributed by atoms with Crippen molar-refractivity contribution in [2.24, 2.45) is 0 Å². The van der Waals surface area contributed by atoms with Crippen molar-refractivity contribution in [1.29, 1.82) is 0 Å². The molecule has 0 aromatic rings. The molecule has 1 radical (unpaired) electrons. The third-order valence-corrected chi connectivity index (χ3v) is 10.5. The molecule has 0 fully saturated rings. The van der Waals surface area contributed by atoms with Gasteiger partial charge in [-0.15, -0.1) is 0 Å². The third-order valence-electron chi connectivity index (χ3n) is 2.60. The summed E-state index contributed by atoms with van der Waals surface area (Å²) in [5.41, 5.74) is 0. The maximum absolute atomic E-state index is 3.95. The van der Waals surface area contributed by atoms with Crippen LogP contribution in [0.15, 0.2) is 0 Å². The van der Waals surface area contributed by atoms with E-state index >= 15 is 0 Å². The summed E-state index contributed by atoms with van der Waals surface area (Å²) in [6, 6.07) is 0. The molecule has 0 N–H and O–H groups in total. The molecule has 85 valence electrons. The molecule has 0 saturated carbocycles. The van der Waals surface area contributed by atoms with Crippen LogP contribution in [0.4, 0.5) is 0 Å². The fourth-order valence-electron chi connectivity index (χ4n) is 1.61. The Morgan fingerprint density at radius 3 is 1.50 bits per heavy atom. The Morgan fingerprint density at radius 1 is 0.714 bits per heavy atom. The Hall–Kier alpha value is 1.02. The third kappa shape index (κ3) is 11.1. The molecule has 0 bridgehead atoms.